The van der Waals surface area contributed by atoms with Gasteiger partial charge in [-0.15, -0.1) is 0 Å². The molecule has 30 heavy (non-hydrogen) atoms. The lowest BCUT2D eigenvalue weighted by Crippen LogP contribution is -2.45. The molecule has 0 radical (unpaired) electrons. The molecule has 1 aliphatic heterocycles. The summed E-state index contributed by atoms with van der Waals surface area (Å²) in [7, 11) is 0. The van der Waals surface area contributed by atoms with Crippen molar-refractivity contribution in [3.8, 4) is 0 Å². The number of benzene rings is 3. The fraction of sp³-hybridized carbons (Fsp3) is 0.280. The number of amides is 1. The minimum absolute atomic E-state index is 0.0157. The van der Waals surface area contributed by atoms with Gasteiger partial charge in [0.2, 0.25) is 0 Å². The molecule has 0 saturated carbocycles. The van der Waals surface area contributed by atoms with Gasteiger partial charge in [0.25, 0.3) is 5.91 Å². The minimum Gasteiger partial charge on any atom is -0.481 e. The van der Waals surface area contributed by atoms with Gasteiger partial charge in [-0.3, -0.25) is 9.59 Å². The van der Waals surface area contributed by atoms with Crippen molar-refractivity contribution in [3.63, 3.8) is 0 Å². The first-order chi connectivity index (χ1) is 14.4. The van der Waals surface area contributed by atoms with E-state index in [0.29, 0.717) is 37.9 Å². The van der Waals surface area contributed by atoms with Gasteiger partial charge in [0.05, 0.1) is 5.60 Å². The van der Waals surface area contributed by atoms with Gasteiger partial charge in [-0.1, -0.05) is 54.6 Å². The molecule has 0 aromatic heterocycles. The van der Waals surface area contributed by atoms with Gasteiger partial charge in [-0.05, 0) is 53.3 Å². The average molecular weight is 403 g/mol. The maximum absolute atomic E-state index is 13.0. The van der Waals surface area contributed by atoms with Crippen LogP contribution in [0.3, 0.4) is 0 Å². The minimum atomic E-state index is -1.00. The van der Waals surface area contributed by atoms with E-state index in [1.807, 2.05) is 66.7 Å². The molecule has 5 heteroatoms. The molecule has 1 saturated heterocycles. The van der Waals surface area contributed by atoms with Gasteiger partial charge in [0, 0.05) is 25.1 Å². The van der Waals surface area contributed by atoms with Gasteiger partial charge < -0.3 is 15.1 Å². The highest BCUT2D eigenvalue weighted by atomic mass is 16.4. The predicted octanol–water partition coefficient (Wildman–Crippen LogP) is 3.98. The summed E-state index contributed by atoms with van der Waals surface area (Å²) >= 11 is 0. The highest BCUT2D eigenvalue weighted by Crippen LogP contribution is 2.34. The molecule has 2 N–H and O–H groups in total. The molecule has 0 spiro atoms. The van der Waals surface area contributed by atoms with Crippen molar-refractivity contribution in [2.45, 2.75) is 31.3 Å². The van der Waals surface area contributed by atoms with E-state index in [4.69, 9.17) is 5.11 Å². The fourth-order valence-corrected chi connectivity index (χ4v) is 4.14. The lowest BCUT2D eigenvalue weighted by molar-refractivity contribution is -0.136. The van der Waals surface area contributed by atoms with E-state index in [1.54, 1.807) is 4.90 Å². The predicted molar refractivity (Wildman–Crippen MR) is 115 cm³/mol. The second-order valence-electron chi connectivity index (χ2n) is 7.98. The number of likely N-dealkylation sites (tertiary alicyclic amines) is 1. The Kier molecular flexibility index (Phi) is 5.55. The fourth-order valence-electron chi connectivity index (χ4n) is 4.14. The second kappa shape index (κ2) is 8.28. The van der Waals surface area contributed by atoms with Gasteiger partial charge in [0.1, 0.15) is 0 Å². The zero-order chi connectivity index (χ0) is 21.1. The number of piperidine rings is 1. The number of carboxylic acid groups (broad SMARTS) is 1. The molecular weight excluding hydrogens is 378 g/mol. The van der Waals surface area contributed by atoms with Gasteiger partial charge >= 0.3 is 5.97 Å². The molecule has 0 atom stereocenters. The Labute approximate surface area is 175 Å². The van der Waals surface area contributed by atoms with E-state index < -0.39 is 11.6 Å². The Hall–Kier alpha value is -3.18. The highest BCUT2D eigenvalue weighted by molar-refractivity contribution is 5.98. The molecule has 0 bridgehead atoms. The van der Waals surface area contributed by atoms with E-state index in [1.165, 1.54) is 0 Å². The molecule has 1 amide bonds. The summed E-state index contributed by atoms with van der Waals surface area (Å²) in [5.41, 5.74) is 1.36. The number of carbonyl (C=O) groups is 2. The van der Waals surface area contributed by atoms with E-state index in [2.05, 4.69) is 0 Å². The van der Waals surface area contributed by atoms with Crippen LogP contribution in [0.25, 0.3) is 10.8 Å². The van der Waals surface area contributed by atoms with Crippen LogP contribution >= 0.6 is 0 Å². The normalized spacial score (nSPS) is 15.8. The molecule has 0 unspecified atom stereocenters. The highest BCUT2D eigenvalue weighted by Gasteiger charge is 2.35. The number of fused-ring (bicyclic) bond motifs is 1. The van der Waals surface area contributed by atoms with Crippen LogP contribution in [0.4, 0.5) is 0 Å². The van der Waals surface area contributed by atoms with Gasteiger partial charge in [0.15, 0.2) is 0 Å². The monoisotopic (exact) mass is 403 g/mol. The molecule has 1 aliphatic rings. The number of carboxylic acids is 1. The second-order valence-corrected chi connectivity index (χ2v) is 7.98. The first-order valence-corrected chi connectivity index (χ1v) is 10.3. The summed E-state index contributed by atoms with van der Waals surface area (Å²) in [6.07, 6.45) is 1.41. The first kappa shape index (κ1) is 20.1. The molecule has 3 aromatic rings. The lowest BCUT2D eigenvalue weighted by atomic mass is 9.83. The topological polar surface area (TPSA) is 77.8 Å². The van der Waals surface area contributed by atoms with Crippen LogP contribution in [0.15, 0.2) is 66.7 Å². The van der Waals surface area contributed by atoms with Crippen LogP contribution in [0, 0.1) is 0 Å². The largest absolute Gasteiger partial charge is 0.481 e. The standard InChI is InChI=1S/C25H25NO4/c27-23(28)11-8-18-4-3-7-22(16-18)25(30)12-14-26(15-13-25)24(29)21-10-9-19-5-1-2-6-20(19)17-21/h1-7,9-10,16-17,30H,8,11-15H2,(H,27,28). The molecule has 5 nitrogen and oxygen atoms in total. The molecule has 0 aliphatic carbocycles. The lowest BCUT2D eigenvalue weighted by Gasteiger charge is -2.38. The smallest absolute Gasteiger partial charge is 0.303 e. The summed E-state index contributed by atoms with van der Waals surface area (Å²) in [4.78, 5) is 25.6. The third-order valence-corrected chi connectivity index (χ3v) is 5.97. The maximum atomic E-state index is 13.0. The number of carbonyl (C=O) groups excluding carboxylic acids is 1. The number of hydrogen-bond donors (Lipinski definition) is 2. The van der Waals surface area contributed by atoms with Crippen LogP contribution in [0.1, 0.15) is 40.7 Å². The van der Waals surface area contributed by atoms with Crippen molar-refractivity contribution in [2.24, 2.45) is 0 Å². The van der Waals surface area contributed by atoms with Crippen molar-refractivity contribution in [1.29, 1.82) is 0 Å². The third-order valence-electron chi connectivity index (χ3n) is 5.97. The Bertz CT molecular complexity index is 1080. The van der Waals surface area contributed by atoms with E-state index >= 15 is 0 Å². The van der Waals surface area contributed by atoms with Crippen molar-refractivity contribution >= 4 is 22.6 Å². The summed E-state index contributed by atoms with van der Waals surface area (Å²) in [6.45, 7) is 0.947. The van der Waals surface area contributed by atoms with Crippen LogP contribution in [-0.2, 0) is 16.8 Å². The van der Waals surface area contributed by atoms with Crippen LogP contribution < -0.4 is 0 Å². The summed E-state index contributed by atoms with van der Waals surface area (Å²) < 4.78 is 0. The Morgan fingerprint density at radius 2 is 1.63 bits per heavy atom. The number of rotatable bonds is 5. The summed E-state index contributed by atoms with van der Waals surface area (Å²) in [5.74, 6) is -0.849. The van der Waals surface area contributed by atoms with Crippen LogP contribution in [0.2, 0.25) is 0 Å². The van der Waals surface area contributed by atoms with Crippen molar-refractivity contribution < 1.29 is 19.8 Å². The van der Waals surface area contributed by atoms with Crippen molar-refractivity contribution in [1.82, 2.24) is 4.90 Å². The van der Waals surface area contributed by atoms with Crippen LogP contribution in [-0.4, -0.2) is 40.1 Å². The Morgan fingerprint density at radius 3 is 2.37 bits per heavy atom. The summed E-state index contributed by atoms with van der Waals surface area (Å²) in [6, 6.07) is 21.2. The van der Waals surface area contributed by atoms with E-state index in [0.717, 1.165) is 21.9 Å². The quantitative estimate of drug-likeness (QED) is 0.675. The SMILES string of the molecule is O=C(O)CCc1cccc(C2(O)CCN(C(=O)c3ccc4ccccc4c3)CC2)c1. The van der Waals surface area contributed by atoms with Gasteiger partial charge in [-0.2, -0.15) is 0 Å². The molecular formula is C25H25NO4. The van der Waals surface area contributed by atoms with E-state index in [-0.39, 0.29) is 12.3 Å². The zero-order valence-electron chi connectivity index (χ0n) is 16.8. The average Bonchev–Trinajstić information content (AvgIpc) is 2.77. The van der Waals surface area contributed by atoms with E-state index in [9.17, 15) is 14.7 Å². The number of aryl methyl sites for hydroxylation is 1. The van der Waals surface area contributed by atoms with Crippen LogP contribution in [0.5, 0.6) is 0 Å². The molecule has 4 rings (SSSR count). The number of hydrogen-bond acceptors (Lipinski definition) is 3. The van der Waals surface area contributed by atoms with Crippen molar-refractivity contribution in [3.05, 3.63) is 83.4 Å². The van der Waals surface area contributed by atoms with Gasteiger partial charge in [-0.25, -0.2) is 0 Å². The molecule has 3 aromatic carbocycles. The number of aliphatic hydroxyl groups is 1. The third kappa shape index (κ3) is 4.21. The Morgan fingerprint density at radius 1 is 0.900 bits per heavy atom. The van der Waals surface area contributed by atoms with Crippen molar-refractivity contribution in [2.75, 3.05) is 13.1 Å². The first-order valence-electron chi connectivity index (χ1n) is 10.3. The summed E-state index contributed by atoms with van der Waals surface area (Å²) in [5, 5.41) is 22.2. The molecule has 154 valence electrons. The maximum Gasteiger partial charge on any atom is 0.303 e. The zero-order valence-corrected chi connectivity index (χ0v) is 16.8. The molecule has 1 fully saturated rings. The Balaban J connectivity index is 1.45. The number of nitrogens with zero attached hydrogens (tertiary/aromatic N) is 1. The molecule has 1 heterocycles. The number of aliphatic carboxylic acids is 1.